The van der Waals surface area contributed by atoms with Gasteiger partial charge >= 0.3 is 5.97 Å². The van der Waals surface area contributed by atoms with Crippen molar-refractivity contribution in [3.8, 4) is 11.8 Å². The Balaban J connectivity index is 2.09. The molecule has 27 heavy (non-hydrogen) atoms. The van der Waals surface area contributed by atoms with Crippen LogP contribution < -0.4 is 11.1 Å². The largest absolute Gasteiger partial charge is 0.480 e. The van der Waals surface area contributed by atoms with Gasteiger partial charge in [-0.25, -0.2) is 4.79 Å². The summed E-state index contributed by atoms with van der Waals surface area (Å²) < 4.78 is 0. The van der Waals surface area contributed by atoms with Crippen LogP contribution in [0.15, 0.2) is 48.5 Å². The lowest BCUT2D eigenvalue weighted by atomic mass is 9.95. The molecule has 0 heterocycles. The maximum atomic E-state index is 12.3. The summed E-state index contributed by atoms with van der Waals surface area (Å²) in [5, 5.41) is 20.7. The molecule has 6 nitrogen and oxygen atoms in total. The summed E-state index contributed by atoms with van der Waals surface area (Å²) >= 11 is 0. The van der Waals surface area contributed by atoms with Crippen molar-refractivity contribution in [2.24, 2.45) is 5.73 Å². The summed E-state index contributed by atoms with van der Waals surface area (Å²) in [6, 6.07) is 12.6. The van der Waals surface area contributed by atoms with Gasteiger partial charge in [0.05, 0.1) is 6.61 Å². The van der Waals surface area contributed by atoms with E-state index in [1.807, 2.05) is 12.1 Å². The van der Waals surface area contributed by atoms with E-state index in [4.69, 9.17) is 10.8 Å². The second kappa shape index (κ2) is 8.49. The van der Waals surface area contributed by atoms with Gasteiger partial charge in [0, 0.05) is 22.2 Å². The van der Waals surface area contributed by atoms with E-state index in [1.54, 1.807) is 36.4 Å². The van der Waals surface area contributed by atoms with Crippen molar-refractivity contribution >= 4 is 11.9 Å². The summed E-state index contributed by atoms with van der Waals surface area (Å²) in [4.78, 5) is 23.6. The van der Waals surface area contributed by atoms with E-state index in [2.05, 4.69) is 17.2 Å². The summed E-state index contributed by atoms with van der Waals surface area (Å²) in [5.41, 5.74) is 7.38. The van der Waals surface area contributed by atoms with Crippen LogP contribution in [0.25, 0.3) is 0 Å². The van der Waals surface area contributed by atoms with Crippen LogP contribution in [0, 0.1) is 11.8 Å². The van der Waals surface area contributed by atoms with Crippen molar-refractivity contribution in [2.75, 3.05) is 0 Å². The number of hydrogen-bond acceptors (Lipinski definition) is 4. The zero-order valence-electron chi connectivity index (χ0n) is 15.2. The van der Waals surface area contributed by atoms with E-state index in [0.717, 1.165) is 11.1 Å². The van der Waals surface area contributed by atoms with Crippen LogP contribution >= 0.6 is 0 Å². The monoisotopic (exact) mass is 366 g/mol. The highest BCUT2D eigenvalue weighted by atomic mass is 16.4. The number of benzene rings is 2. The smallest absolute Gasteiger partial charge is 0.328 e. The average Bonchev–Trinajstić information content (AvgIpc) is 2.64. The molecule has 140 valence electrons. The normalized spacial score (nSPS) is 11.9. The molecule has 0 aliphatic rings. The minimum Gasteiger partial charge on any atom is -0.480 e. The van der Waals surface area contributed by atoms with Crippen molar-refractivity contribution in [3.05, 3.63) is 70.8 Å². The maximum absolute atomic E-state index is 12.3. The van der Waals surface area contributed by atoms with Crippen molar-refractivity contribution in [1.82, 2.24) is 5.32 Å². The summed E-state index contributed by atoms with van der Waals surface area (Å²) in [6.07, 6.45) is 0. The molecule has 5 N–H and O–H groups in total. The highest BCUT2D eigenvalue weighted by molar-refractivity contribution is 5.97. The number of rotatable bonds is 5. The summed E-state index contributed by atoms with van der Waals surface area (Å²) in [6.45, 7) is 3.07. The molecule has 1 amide bonds. The van der Waals surface area contributed by atoms with Crippen molar-refractivity contribution < 1.29 is 19.8 Å². The number of aliphatic hydroxyl groups is 1. The number of nitrogens with one attached hydrogen (secondary N) is 1. The lowest BCUT2D eigenvalue weighted by Crippen LogP contribution is -2.58. The molecule has 0 radical (unpaired) electrons. The van der Waals surface area contributed by atoms with E-state index in [1.165, 1.54) is 13.8 Å². The molecule has 0 fully saturated rings. The number of hydrogen-bond donors (Lipinski definition) is 4. The number of aliphatic hydroxyl groups excluding tert-OH is 1. The van der Waals surface area contributed by atoms with Crippen LogP contribution in [-0.2, 0) is 11.4 Å². The Labute approximate surface area is 158 Å². The van der Waals surface area contributed by atoms with Crippen LogP contribution in [0.5, 0.6) is 0 Å². The molecule has 1 atom stereocenters. The number of carboxylic acids is 1. The first-order valence-electron chi connectivity index (χ1n) is 8.35. The molecule has 2 rings (SSSR count). The van der Waals surface area contributed by atoms with Crippen LogP contribution in [0.2, 0.25) is 0 Å². The van der Waals surface area contributed by atoms with Gasteiger partial charge in [0.2, 0.25) is 0 Å². The summed E-state index contributed by atoms with van der Waals surface area (Å²) in [5.74, 6) is 4.29. The lowest BCUT2D eigenvalue weighted by molar-refractivity contribution is -0.140. The van der Waals surface area contributed by atoms with Crippen LogP contribution in [0.4, 0.5) is 0 Å². The quantitative estimate of drug-likeness (QED) is 0.599. The predicted molar refractivity (Wildman–Crippen MR) is 102 cm³/mol. The first-order valence-corrected chi connectivity index (χ1v) is 8.35. The molecule has 6 heteroatoms. The van der Waals surface area contributed by atoms with Crippen LogP contribution in [0.3, 0.4) is 0 Å². The molecule has 0 aliphatic heterocycles. The fourth-order valence-electron chi connectivity index (χ4n) is 2.32. The van der Waals surface area contributed by atoms with Crippen LogP contribution in [-0.4, -0.2) is 33.7 Å². The van der Waals surface area contributed by atoms with Crippen molar-refractivity contribution in [3.63, 3.8) is 0 Å². The molecule has 1 unspecified atom stereocenters. The van der Waals surface area contributed by atoms with E-state index < -0.39 is 23.5 Å². The van der Waals surface area contributed by atoms with Gasteiger partial charge in [-0.1, -0.05) is 24.0 Å². The molecule has 0 saturated carbocycles. The zero-order valence-corrected chi connectivity index (χ0v) is 15.2. The number of carboxylic acid groups (broad SMARTS) is 1. The van der Waals surface area contributed by atoms with Gasteiger partial charge in [-0.05, 0) is 55.8 Å². The Morgan fingerprint density at radius 1 is 1.04 bits per heavy atom. The Morgan fingerprint density at radius 3 is 1.93 bits per heavy atom. The van der Waals surface area contributed by atoms with Gasteiger partial charge in [0.25, 0.3) is 5.91 Å². The maximum Gasteiger partial charge on any atom is 0.328 e. The van der Waals surface area contributed by atoms with Gasteiger partial charge in [0.1, 0.15) is 6.04 Å². The third-order valence-electron chi connectivity index (χ3n) is 3.90. The lowest BCUT2D eigenvalue weighted by Gasteiger charge is -2.27. The topological polar surface area (TPSA) is 113 Å². The van der Waals surface area contributed by atoms with E-state index in [9.17, 15) is 14.7 Å². The van der Waals surface area contributed by atoms with Crippen molar-refractivity contribution in [1.29, 1.82) is 0 Å². The highest BCUT2D eigenvalue weighted by Crippen LogP contribution is 2.09. The molecule has 2 aromatic rings. The zero-order chi connectivity index (χ0) is 20.0. The molecular weight excluding hydrogens is 344 g/mol. The Kier molecular flexibility index (Phi) is 6.35. The SMILES string of the molecule is CC(C)(N)C(NC(=O)c1ccc(C#Cc2ccc(CO)cc2)cc1)C(=O)O. The van der Waals surface area contributed by atoms with E-state index in [0.29, 0.717) is 11.1 Å². The molecule has 0 spiro atoms. The predicted octanol–water partition coefficient (Wildman–Crippen LogP) is 1.50. The minimum atomic E-state index is -1.20. The molecule has 0 saturated heterocycles. The molecule has 2 aromatic carbocycles. The fourth-order valence-corrected chi connectivity index (χ4v) is 2.32. The average molecular weight is 366 g/mol. The fraction of sp³-hybridized carbons (Fsp3) is 0.238. The number of amides is 1. The third-order valence-corrected chi connectivity index (χ3v) is 3.90. The Morgan fingerprint density at radius 2 is 1.52 bits per heavy atom. The Hall–Kier alpha value is -3.14. The second-order valence-corrected chi connectivity index (χ2v) is 6.75. The number of aliphatic carboxylic acids is 1. The third kappa shape index (κ3) is 5.68. The number of carbonyl (C=O) groups excluding carboxylic acids is 1. The van der Waals surface area contributed by atoms with Gasteiger partial charge in [-0.15, -0.1) is 0 Å². The first kappa shape index (κ1) is 20.2. The van der Waals surface area contributed by atoms with Gasteiger partial charge in [-0.3, -0.25) is 4.79 Å². The van der Waals surface area contributed by atoms with Gasteiger partial charge < -0.3 is 21.3 Å². The number of carbonyl (C=O) groups is 2. The highest BCUT2D eigenvalue weighted by Gasteiger charge is 2.33. The second-order valence-electron chi connectivity index (χ2n) is 6.75. The molecule has 0 aliphatic carbocycles. The summed E-state index contributed by atoms with van der Waals surface area (Å²) in [7, 11) is 0. The van der Waals surface area contributed by atoms with E-state index in [-0.39, 0.29) is 6.61 Å². The molecule has 0 bridgehead atoms. The van der Waals surface area contributed by atoms with Gasteiger partial charge in [0.15, 0.2) is 0 Å². The molecule has 0 aromatic heterocycles. The number of nitrogens with two attached hydrogens (primary N) is 1. The minimum absolute atomic E-state index is 0.0126. The first-order chi connectivity index (χ1) is 12.7. The molecular formula is C21H22N2O4. The van der Waals surface area contributed by atoms with Crippen molar-refractivity contribution in [2.45, 2.75) is 32.0 Å². The van der Waals surface area contributed by atoms with Crippen LogP contribution in [0.1, 0.15) is 40.9 Å². The standard InChI is InChI=1S/C21H22N2O4/c1-21(2,22)18(20(26)27)23-19(25)17-11-9-15(10-12-17)4-3-14-5-7-16(13-24)8-6-14/h5-12,18,24H,13,22H2,1-2H3,(H,23,25)(H,26,27). The Bertz CT molecular complexity index is 870. The van der Waals surface area contributed by atoms with E-state index >= 15 is 0 Å². The van der Waals surface area contributed by atoms with Gasteiger partial charge in [-0.2, -0.15) is 0 Å².